The van der Waals surface area contributed by atoms with Crippen molar-refractivity contribution in [2.45, 2.75) is 64.0 Å². The average molecular weight is 447 g/mol. The van der Waals surface area contributed by atoms with Crippen molar-refractivity contribution in [2.75, 3.05) is 13.1 Å². The van der Waals surface area contributed by atoms with Gasteiger partial charge in [-0.1, -0.05) is 18.1 Å². The van der Waals surface area contributed by atoms with Crippen LogP contribution in [0.15, 0.2) is 5.38 Å². The molecule has 3 heterocycles. The van der Waals surface area contributed by atoms with Crippen molar-refractivity contribution in [1.82, 2.24) is 30.6 Å². The highest BCUT2D eigenvalue weighted by molar-refractivity contribution is 7.09. The topological polar surface area (TPSA) is 84.7 Å². The molecule has 28 heavy (non-hydrogen) atoms. The maximum atomic E-state index is 13.0. The van der Waals surface area contributed by atoms with E-state index in [9.17, 15) is 4.79 Å². The molecule has 156 valence electrons. The molecular weight excluding hydrogens is 419 g/mol. The summed E-state index contributed by atoms with van der Waals surface area (Å²) in [6, 6.07) is 0.326. The van der Waals surface area contributed by atoms with Gasteiger partial charge in [-0.15, -0.1) is 41.2 Å². The third-order valence-electron chi connectivity index (χ3n) is 5.64. The van der Waals surface area contributed by atoms with Crippen molar-refractivity contribution in [3.63, 3.8) is 0 Å². The summed E-state index contributed by atoms with van der Waals surface area (Å²) < 4.78 is 1.94. The zero-order valence-electron chi connectivity index (χ0n) is 16.2. The second kappa shape index (κ2) is 9.52. The number of aromatic nitrogens is 4. The summed E-state index contributed by atoms with van der Waals surface area (Å²) in [7, 11) is 0. The Hall–Kier alpha value is -1.22. The summed E-state index contributed by atoms with van der Waals surface area (Å²) in [5, 5.41) is 18.2. The summed E-state index contributed by atoms with van der Waals surface area (Å²) in [5.74, 6) is -0.127. The van der Waals surface area contributed by atoms with E-state index < -0.39 is 0 Å². The lowest BCUT2D eigenvalue weighted by atomic mass is 9.98. The number of hydrogen-bond acceptors (Lipinski definition) is 6. The summed E-state index contributed by atoms with van der Waals surface area (Å²) in [4.78, 5) is 17.7. The molecule has 1 saturated carbocycles. The molecule has 0 spiro atoms. The van der Waals surface area contributed by atoms with Crippen LogP contribution in [0, 0.1) is 13.8 Å². The van der Waals surface area contributed by atoms with Gasteiger partial charge >= 0.3 is 0 Å². The van der Waals surface area contributed by atoms with Gasteiger partial charge in [0.25, 0.3) is 5.91 Å². The SMILES string of the molecule is Cc1csc(C2(NC(=O)c3nnn(C4CCNCC4)c3C)CCCC2)n1.Cl.Cl. The van der Waals surface area contributed by atoms with E-state index in [1.54, 1.807) is 11.3 Å². The minimum atomic E-state index is -0.346. The highest BCUT2D eigenvalue weighted by atomic mass is 35.5. The van der Waals surface area contributed by atoms with Crippen LogP contribution in [0.3, 0.4) is 0 Å². The van der Waals surface area contributed by atoms with Crippen LogP contribution < -0.4 is 10.6 Å². The number of amides is 1. The maximum Gasteiger partial charge on any atom is 0.274 e. The Bertz CT molecular complexity index is 796. The molecule has 4 rings (SSSR count). The number of rotatable bonds is 4. The van der Waals surface area contributed by atoms with E-state index in [0.717, 1.165) is 68.0 Å². The molecule has 2 aromatic rings. The first-order valence-electron chi connectivity index (χ1n) is 9.47. The number of thiazole rings is 1. The van der Waals surface area contributed by atoms with Crippen LogP contribution in [0.2, 0.25) is 0 Å². The molecule has 2 aromatic heterocycles. The third kappa shape index (κ3) is 4.35. The minimum Gasteiger partial charge on any atom is -0.339 e. The molecule has 10 heteroatoms. The van der Waals surface area contributed by atoms with Crippen LogP contribution in [0.1, 0.15) is 71.5 Å². The molecule has 2 aliphatic rings. The van der Waals surface area contributed by atoms with E-state index in [0.29, 0.717) is 11.7 Å². The van der Waals surface area contributed by atoms with Crippen LogP contribution in [-0.4, -0.2) is 39.0 Å². The largest absolute Gasteiger partial charge is 0.339 e. The highest BCUT2D eigenvalue weighted by Crippen LogP contribution is 2.40. The van der Waals surface area contributed by atoms with Crippen molar-refractivity contribution in [3.8, 4) is 0 Å². The van der Waals surface area contributed by atoms with E-state index >= 15 is 0 Å². The van der Waals surface area contributed by atoms with Gasteiger partial charge in [-0.05, 0) is 52.6 Å². The van der Waals surface area contributed by atoms with Crippen molar-refractivity contribution in [1.29, 1.82) is 0 Å². The van der Waals surface area contributed by atoms with Crippen LogP contribution in [0.25, 0.3) is 0 Å². The summed E-state index contributed by atoms with van der Waals surface area (Å²) in [5.41, 5.74) is 1.97. The monoisotopic (exact) mass is 446 g/mol. The average Bonchev–Trinajstić information content (AvgIpc) is 3.36. The van der Waals surface area contributed by atoms with Gasteiger partial charge < -0.3 is 10.6 Å². The van der Waals surface area contributed by atoms with Crippen molar-refractivity contribution < 1.29 is 4.79 Å². The number of carbonyl (C=O) groups excluding carboxylic acids is 1. The van der Waals surface area contributed by atoms with E-state index in [1.807, 2.05) is 18.5 Å². The second-order valence-electron chi connectivity index (χ2n) is 7.49. The van der Waals surface area contributed by atoms with Gasteiger partial charge in [0, 0.05) is 11.1 Å². The lowest BCUT2D eigenvalue weighted by Gasteiger charge is -2.28. The number of nitrogens with zero attached hydrogens (tertiary/aromatic N) is 4. The summed E-state index contributed by atoms with van der Waals surface area (Å²) in [6.45, 7) is 5.92. The lowest BCUT2D eigenvalue weighted by molar-refractivity contribution is 0.0892. The fourth-order valence-corrected chi connectivity index (χ4v) is 5.18. The maximum absolute atomic E-state index is 13.0. The Morgan fingerprint density at radius 3 is 2.54 bits per heavy atom. The van der Waals surface area contributed by atoms with Crippen molar-refractivity contribution >= 4 is 42.1 Å². The Balaban J connectivity index is 0.00000140. The number of aryl methyl sites for hydroxylation is 1. The Morgan fingerprint density at radius 2 is 1.93 bits per heavy atom. The Labute approximate surface area is 181 Å². The lowest BCUT2D eigenvalue weighted by Crippen LogP contribution is -2.44. The molecule has 2 N–H and O–H groups in total. The van der Waals surface area contributed by atoms with Crippen LogP contribution in [0.5, 0.6) is 0 Å². The molecule has 1 aliphatic heterocycles. The summed E-state index contributed by atoms with van der Waals surface area (Å²) in [6.07, 6.45) is 6.14. The van der Waals surface area contributed by atoms with Gasteiger partial charge in [0.2, 0.25) is 0 Å². The number of nitrogens with one attached hydrogen (secondary N) is 2. The van der Waals surface area contributed by atoms with Gasteiger partial charge in [-0.25, -0.2) is 9.67 Å². The molecule has 0 atom stereocenters. The van der Waals surface area contributed by atoms with Crippen LogP contribution in [0.4, 0.5) is 0 Å². The predicted molar refractivity (Wildman–Crippen MR) is 115 cm³/mol. The third-order valence-corrected chi connectivity index (χ3v) is 6.80. The van der Waals surface area contributed by atoms with Gasteiger partial charge in [0.05, 0.1) is 17.3 Å². The fraction of sp³-hybridized carbons (Fsp3) is 0.667. The predicted octanol–water partition coefficient (Wildman–Crippen LogP) is 3.32. The molecular formula is C18H28Cl2N6OS. The normalized spacial score (nSPS) is 18.9. The van der Waals surface area contributed by atoms with E-state index in [4.69, 9.17) is 0 Å². The molecule has 1 amide bonds. The molecule has 2 fully saturated rings. The summed E-state index contributed by atoms with van der Waals surface area (Å²) >= 11 is 1.64. The molecule has 0 radical (unpaired) electrons. The highest BCUT2D eigenvalue weighted by Gasteiger charge is 2.40. The molecule has 1 aliphatic carbocycles. The van der Waals surface area contributed by atoms with Crippen LogP contribution in [-0.2, 0) is 5.54 Å². The van der Waals surface area contributed by atoms with Crippen molar-refractivity contribution in [2.24, 2.45) is 0 Å². The van der Waals surface area contributed by atoms with Crippen molar-refractivity contribution in [3.05, 3.63) is 27.5 Å². The quantitative estimate of drug-likeness (QED) is 0.751. The molecule has 0 bridgehead atoms. The zero-order valence-corrected chi connectivity index (χ0v) is 18.7. The first-order valence-corrected chi connectivity index (χ1v) is 10.3. The van der Waals surface area contributed by atoms with Gasteiger partial charge in [0.1, 0.15) is 5.01 Å². The van der Waals surface area contributed by atoms with Gasteiger partial charge in [-0.2, -0.15) is 0 Å². The molecule has 1 saturated heterocycles. The first kappa shape index (κ1) is 23.1. The fourth-order valence-electron chi connectivity index (χ4n) is 4.17. The van der Waals surface area contributed by atoms with Gasteiger partial charge in [-0.3, -0.25) is 4.79 Å². The zero-order chi connectivity index (χ0) is 18.1. The Morgan fingerprint density at radius 1 is 1.25 bits per heavy atom. The van der Waals surface area contributed by atoms with E-state index in [-0.39, 0.29) is 36.3 Å². The Kier molecular flexibility index (Phi) is 7.84. The minimum absolute atomic E-state index is 0. The standard InChI is InChI=1S/C18H26N6OS.2ClH/c1-12-11-26-17(20-12)18(7-3-4-8-18)21-16(25)15-13(2)24(23-22-15)14-5-9-19-10-6-14;;/h11,14,19H,3-10H2,1-2H3,(H,21,25);2*1H. The number of hydrogen-bond donors (Lipinski definition) is 2. The number of piperidine rings is 1. The van der Waals surface area contributed by atoms with E-state index in [2.05, 4.69) is 31.3 Å². The molecule has 0 unspecified atom stereocenters. The number of halogens is 2. The van der Waals surface area contributed by atoms with Gasteiger partial charge in [0.15, 0.2) is 5.69 Å². The van der Waals surface area contributed by atoms with E-state index in [1.165, 1.54) is 0 Å². The smallest absolute Gasteiger partial charge is 0.274 e. The molecule has 0 aromatic carbocycles. The second-order valence-corrected chi connectivity index (χ2v) is 8.34. The van der Waals surface area contributed by atoms with Crippen LogP contribution >= 0.6 is 36.2 Å². The number of carbonyl (C=O) groups is 1. The first-order chi connectivity index (χ1) is 12.6. The molecule has 7 nitrogen and oxygen atoms in total.